The van der Waals surface area contributed by atoms with Crippen LogP contribution in [-0.2, 0) is 42.2 Å². The van der Waals surface area contributed by atoms with Crippen LogP contribution in [-0.4, -0.2) is 11.5 Å². The molecule has 212 valence electrons. The Morgan fingerprint density at radius 3 is 0.762 bits per heavy atom. The van der Waals surface area contributed by atoms with Gasteiger partial charge in [-0.15, -0.1) is 0 Å². The average molecular weight is 629 g/mol. The largest absolute Gasteiger partial charge is 0.192 e. The van der Waals surface area contributed by atoms with Crippen LogP contribution in [0.3, 0.4) is 0 Å². The van der Waals surface area contributed by atoms with Crippen molar-refractivity contribution < 1.29 is 16.5 Å². The summed E-state index contributed by atoms with van der Waals surface area (Å²) >= 11 is 0. The fourth-order valence-corrected chi connectivity index (χ4v) is 6.21. The summed E-state index contributed by atoms with van der Waals surface area (Å²) in [7, 11) is 3.98. The summed E-state index contributed by atoms with van der Waals surface area (Å²) in [5.41, 5.74) is 7.65. The molecule has 1 heterocycles. The molecule has 1 saturated heterocycles. The predicted octanol–water partition coefficient (Wildman–Crippen LogP) is 8.20. The minimum atomic E-state index is 0. The van der Waals surface area contributed by atoms with Crippen LogP contribution in [0.5, 0.6) is 0 Å². The van der Waals surface area contributed by atoms with Gasteiger partial charge < -0.3 is 0 Å². The molecule has 42 heavy (non-hydrogen) atoms. The summed E-state index contributed by atoms with van der Waals surface area (Å²) in [5, 5.41) is 34.8. The number of hydrogen-bond donors (Lipinski definition) is 0. The van der Waals surface area contributed by atoms with Gasteiger partial charge >= 0.3 is 0 Å². The molecule has 1 aliphatic heterocycles. The molecule has 5 rings (SSSR count). The van der Waals surface area contributed by atoms with Gasteiger partial charge in [0.2, 0.25) is 0 Å². The van der Waals surface area contributed by atoms with Gasteiger partial charge in [-0.05, 0) is 103 Å². The third kappa shape index (κ3) is 12.7. The summed E-state index contributed by atoms with van der Waals surface area (Å²) in [6.07, 6.45) is 5.19. The third-order valence-electron chi connectivity index (χ3n) is 6.28. The Balaban J connectivity index is 0.000000246. The first-order valence-electron chi connectivity index (χ1n) is 13.3. The molecule has 1 aliphatic rings. The third-order valence-corrected chi connectivity index (χ3v) is 8.85. The van der Waals surface area contributed by atoms with Gasteiger partial charge in [0.15, 0.2) is 0 Å². The topological polar surface area (TPSA) is 95.2 Å². The maximum Gasteiger partial charge on any atom is 0.0991 e. The van der Waals surface area contributed by atoms with Gasteiger partial charge in [-0.1, -0.05) is 70.1 Å². The molecule has 0 aliphatic carbocycles. The van der Waals surface area contributed by atoms with E-state index in [1.807, 2.05) is 119 Å². The van der Waals surface area contributed by atoms with Crippen LogP contribution < -0.4 is 0 Å². The Kier molecular flexibility index (Phi) is 16.3. The molecule has 0 bridgehead atoms. The molecule has 4 aromatic rings. The standard InChI is InChI=1S/2C16H12N2.C3H6S2.Ni/c2*17-11-15-7-3-13(4-8-15)1-2-14-5-9-16(12-18)10-6-14;1-2-4-5-3-1;/h2*3-10H,1-2H2;1-3H2;. The zero-order chi connectivity index (χ0) is 29.1. The van der Waals surface area contributed by atoms with Crippen molar-refractivity contribution in [1.82, 2.24) is 0 Å². The van der Waals surface area contributed by atoms with E-state index in [-0.39, 0.29) is 16.5 Å². The van der Waals surface area contributed by atoms with E-state index in [0.717, 1.165) is 25.7 Å². The number of rotatable bonds is 6. The molecule has 4 aromatic carbocycles. The molecule has 0 amide bonds. The first-order chi connectivity index (χ1) is 20.1. The Morgan fingerprint density at radius 2 is 0.619 bits per heavy atom. The predicted molar refractivity (Wildman–Crippen MR) is 169 cm³/mol. The van der Waals surface area contributed by atoms with Crippen molar-refractivity contribution in [3.63, 3.8) is 0 Å². The molecule has 4 nitrogen and oxygen atoms in total. The van der Waals surface area contributed by atoms with Gasteiger partial charge in [0, 0.05) is 28.0 Å². The number of benzene rings is 4. The maximum atomic E-state index is 8.71. The van der Waals surface area contributed by atoms with Crippen LogP contribution in [0, 0.1) is 45.3 Å². The molecule has 7 heteroatoms. The summed E-state index contributed by atoms with van der Waals surface area (Å²) in [6, 6.07) is 39.1. The summed E-state index contributed by atoms with van der Waals surface area (Å²) in [4.78, 5) is 0. The summed E-state index contributed by atoms with van der Waals surface area (Å²) in [6.45, 7) is 0. The van der Waals surface area contributed by atoms with Crippen molar-refractivity contribution in [3.05, 3.63) is 142 Å². The van der Waals surface area contributed by atoms with E-state index in [1.54, 1.807) is 0 Å². The molecule has 0 saturated carbocycles. The maximum absolute atomic E-state index is 8.71. The average Bonchev–Trinajstić information content (AvgIpc) is 3.65. The minimum Gasteiger partial charge on any atom is -0.192 e. The molecule has 0 radical (unpaired) electrons. The Morgan fingerprint density at radius 1 is 0.405 bits per heavy atom. The molecule has 0 spiro atoms. The van der Waals surface area contributed by atoms with Crippen LogP contribution in [0.4, 0.5) is 0 Å². The second-order valence-corrected chi connectivity index (χ2v) is 11.9. The fourth-order valence-electron chi connectivity index (χ4n) is 3.86. The van der Waals surface area contributed by atoms with Crippen molar-refractivity contribution in [2.24, 2.45) is 0 Å². The molecule has 1 fully saturated rings. The smallest absolute Gasteiger partial charge is 0.0991 e. The van der Waals surface area contributed by atoms with Crippen LogP contribution in [0.1, 0.15) is 50.9 Å². The Bertz CT molecular complexity index is 1280. The molecule has 0 aromatic heterocycles. The van der Waals surface area contributed by atoms with Gasteiger partial charge in [0.25, 0.3) is 0 Å². The summed E-state index contributed by atoms with van der Waals surface area (Å²) < 4.78 is 0. The van der Waals surface area contributed by atoms with Gasteiger partial charge in [0.1, 0.15) is 0 Å². The van der Waals surface area contributed by atoms with E-state index in [9.17, 15) is 0 Å². The first kappa shape index (κ1) is 34.2. The fraction of sp³-hybridized carbons (Fsp3) is 0.200. The molecule has 0 atom stereocenters. The zero-order valence-electron chi connectivity index (χ0n) is 23.1. The first-order valence-corrected chi connectivity index (χ1v) is 15.8. The quantitative estimate of drug-likeness (QED) is 0.158. The van der Waals surface area contributed by atoms with Gasteiger partial charge in [-0.3, -0.25) is 0 Å². The molecular formula is C35H30N4NiS2. The normalized spacial score (nSPS) is 11.0. The monoisotopic (exact) mass is 628 g/mol. The minimum absolute atomic E-state index is 0. The SMILES string of the molecule is C1CSSC1.N#Cc1ccc(CCc2ccc(C#N)cc2)cc1.N#Cc1ccc(CCc2ccc(C#N)cc2)cc1.[Ni]. The molecule has 0 unspecified atom stereocenters. The van der Waals surface area contributed by atoms with Crippen molar-refractivity contribution >= 4 is 21.6 Å². The zero-order valence-corrected chi connectivity index (χ0v) is 25.7. The van der Waals surface area contributed by atoms with Gasteiger partial charge in [-0.25, -0.2) is 0 Å². The van der Waals surface area contributed by atoms with E-state index in [0.29, 0.717) is 22.3 Å². The number of nitrogens with zero attached hydrogens (tertiary/aromatic N) is 4. The molecular weight excluding hydrogens is 599 g/mol. The number of nitriles is 4. The van der Waals surface area contributed by atoms with Gasteiger partial charge in [0.05, 0.1) is 46.5 Å². The van der Waals surface area contributed by atoms with E-state index in [1.165, 1.54) is 40.2 Å². The summed E-state index contributed by atoms with van der Waals surface area (Å²) in [5.74, 6) is 2.76. The number of aryl methyl sites for hydroxylation is 4. The Labute approximate surface area is 267 Å². The van der Waals surface area contributed by atoms with Crippen LogP contribution in [0.25, 0.3) is 0 Å². The van der Waals surface area contributed by atoms with E-state index in [2.05, 4.69) is 24.3 Å². The van der Waals surface area contributed by atoms with E-state index >= 15 is 0 Å². The van der Waals surface area contributed by atoms with Crippen molar-refractivity contribution in [2.45, 2.75) is 32.1 Å². The second-order valence-electron chi connectivity index (χ2n) is 9.23. The second kappa shape index (κ2) is 20.0. The molecule has 0 N–H and O–H groups in total. The van der Waals surface area contributed by atoms with Gasteiger partial charge in [-0.2, -0.15) is 21.0 Å². The van der Waals surface area contributed by atoms with Crippen LogP contribution >= 0.6 is 21.6 Å². The number of hydrogen-bond acceptors (Lipinski definition) is 6. The van der Waals surface area contributed by atoms with E-state index in [4.69, 9.17) is 21.0 Å². The Hall–Kier alpha value is -3.97. The van der Waals surface area contributed by atoms with Crippen LogP contribution in [0.2, 0.25) is 0 Å². The van der Waals surface area contributed by atoms with Crippen LogP contribution in [0.15, 0.2) is 97.1 Å². The van der Waals surface area contributed by atoms with Crippen molar-refractivity contribution in [3.8, 4) is 24.3 Å². The van der Waals surface area contributed by atoms with E-state index < -0.39 is 0 Å². The van der Waals surface area contributed by atoms with Crippen molar-refractivity contribution in [1.29, 1.82) is 21.0 Å². The van der Waals surface area contributed by atoms with Crippen molar-refractivity contribution in [2.75, 3.05) is 11.5 Å².